The zero-order valence-corrected chi connectivity index (χ0v) is 17.9. The number of rotatable bonds is 7. The van der Waals surface area contributed by atoms with Gasteiger partial charge in [-0.1, -0.05) is 54.1 Å². The summed E-state index contributed by atoms with van der Waals surface area (Å²) in [5.74, 6) is -0.526. The van der Waals surface area contributed by atoms with Gasteiger partial charge in [-0.25, -0.2) is 4.68 Å². The van der Waals surface area contributed by atoms with E-state index in [0.717, 1.165) is 24.1 Å². The maximum Gasteiger partial charge on any atom is 0.253 e. The number of carbonyl (C=O) groups is 2. The summed E-state index contributed by atoms with van der Waals surface area (Å²) in [5, 5.41) is 10.7. The second-order valence-electron chi connectivity index (χ2n) is 7.55. The van der Waals surface area contributed by atoms with Gasteiger partial charge >= 0.3 is 0 Å². The van der Waals surface area contributed by atoms with Crippen molar-refractivity contribution in [3.05, 3.63) is 88.2 Å². The van der Waals surface area contributed by atoms with Crippen LogP contribution in [0.15, 0.2) is 60.7 Å². The molecule has 0 atom stereocenters. The molecule has 2 aromatic carbocycles. The normalized spacial score (nSPS) is 13.4. The number of carbonyl (C=O) groups excluding carboxylic acids is 2. The third-order valence-electron chi connectivity index (χ3n) is 5.03. The molecule has 1 aliphatic carbocycles. The van der Waals surface area contributed by atoms with Crippen molar-refractivity contribution < 1.29 is 9.59 Å². The first-order valence-corrected chi connectivity index (χ1v) is 10.5. The van der Waals surface area contributed by atoms with Crippen LogP contribution < -0.4 is 10.6 Å². The summed E-state index contributed by atoms with van der Waals surface area (Å²) in [7, 11) is 0. The monoisotopic (exact) mass is 434 g/mol. The predicted molar refractivity (Wildman–Crippen MR) is 122 cm³/mol. The van der Waals surface area contributed by atoms with Crippen LogP contribution in [0.1, 0.15) is 40.0 Å². The predicted octanol–water partition coefficient (Wildman–Crippen LogP) is 4.44. The molecule has 7 heteroatoms. The van der Waals surface area contributed by atoms with Gasteiger partial charge in [0.05, 0.1) is 23.5 Å². The van der Waals surface area contributed by atoms with Crippen LogP contribution in [-0.2, 0) is 11.3 Å². The number of nitrogens with zero attached hydrogens (tertiary/aromatic N) is 2. The maximum atomic E-state index is 12.5. The van der Waals surface area contributed by atoms with Crippen molar-refractivity contribution in [3.63, 3.8) is 0 Å². The third kappa shape index (κ3) is 5.22. The van der Waals surface area contributed by atoms with Gasteiger partial charge in [0.1, 0.15) is 5.15 Å². The first kappa shape index (κ1) is 20.9. The number of aromatic nitrogens is 2. The van der Waals surface area contributed by atoms with Crippen LogP contribution in [-0.4, -0.2) is 27.6 Å². The molecule has 6 nitrogen and oxygen atoms in total. The van der Waals surface area contributed by atoms with E-state index in [1.807, 2.05) is 37.3 Å². The van der Waals surface area contributed by atoms with Crippen molar-refractivity contribution >= 4 is 35.2 Å². The van der Waals surface area contributed by atoms with E-state index in [1.54, 1.807) is 35.0 Å². The number of para-hydroxylation sites is 1. The Morgan fingerprint density at radius 2 is 1.84 bits per heavy atom. The summed E-state index contributed by atoms with van der Waals surface area (Å²) in [6, 6.07) is 17.1. The van der Waals surface area contributed by atoms with E-state index in [0.29, 0.717) is 28.5 Å². The van der Waals surface area contributed by atoms with Gasteiger partial charge in [0.15, 0.2) is 0 Å². The highest BCUT2D eigenvalue weighted by molar-refractivity contribution is 6.31. The van der Waals surface area contributed by atoms with Gasteiger partial charge in [0.2, 0.25) is 5.91 Å². The Hall–Kier alpha value is -3.38. The summed E-state index contributed by atoms with van der Waals surface area (Å²) in [6.45, 7) is 2.40. The van der Waals surface area contributed by atoms with Crippen LogP contribution in [0.5, 0.6) is 0 Å². The Bertz CT molecular complexity index is 1130. The molecule has 0 saturated heterocycles. The van der Waals surface area contributed by atoms with Crippen molar-refractivity contribution in [1.29, 1.82) is 0 Å². The van der Waals surface area contributed by atoms with Gasteiger partial charge in [-0.2, -0.15) is 5.10 Å². The number of halogens is 1. The standard InChI is InChI=1S/C24H23ClN4O2/c1-16-19(23(25)29(28-16)15-17-7-3-2-4-8-17)13-14-22(30)27-21-10-6-5-9-20(21)24(31)26-18-11-12-18/h2-10,13-14,18H,11-12,15H2,1H3,(H,26,31)(H,27,30)/b14-13+. The minimum atomic E-state index is -0.349. The zero-order chi connectivity index (χ0) is 21.8. The van der Waals surface area contributed by atoms with Crippen molar-refractivity contribution in [2.24, 2.45) is 0 Å². The van der Waals surface area contributed by atoms with Crippen LogP contribution in [0.4, 0.5) is 5.69 Å². The fraction of sp³-hybridized carbons (Fsp3) is 0.208. The summed E-state index contributed by atoms with van der Waals surface area (Å²) in [6.07, 6.45) is 5.05. The molecule has 158 valence electrons. The number of hydrogen-bond donors (Lipinski definition) is 2. The molecule has 0 spiro atoms. The average molecular weight is 435 g/mol. The number of benzene rings is 2. The summed E-state index contributed by atoms with van der Waals surface area (Å²) in [5.41, 5.74) is 3.42. The Kier molecular flexibility index (Phi) is 6.18. The first-order chi connectivity index (χ1) is 15.0. The second-order valence-corrected chi connectivity index (χ2v) is 7.91. The number of amides is 2. The zero-order valence-electron chi connectivity index (χ0n) is 17.1. The topological polar surface area (TPSA) is 76.0 Å². The van der Waals surface area contributed by atoms with E-state index in [4.69, 9.17) is 11.6 Å². The summed E-state index contributed by atoms with van der Waals surface area (Å²) < 4.78 is 1.71. The van der Waals surface area contributed by atoms with E-state index in [1.165, 1.54) is 6.08 Å². The molecule has 1 saturated carbocycles. The van der Waals surface area contributed by atoms with Crippen LogP contribution in [0.3, 0.4) is 0 Å². The van der Waals surface area contributed by atoms with Gasteiger partial charge in [-0.15, -0.1) is 0 Å². The number of aryl methyl sites for hydroxylation is 1. The highest BCUT2D eigenvalue weighted by atomic mass is 35.5. The molecule has 0 bridgehead atoms. The van der Waals surface area contributed by atoms with Crippen molar-refractivity contribution in [1.82, 2.24) is 15.1 Å². The molecule has 1 heterocycles. The van der Waals surface area contributed by atoms with E-state index in [2.05, 4.69) is 15.7 Å². The molecular formula is C24H23ClN4O2. The highest BCUT2D eigenvalue weighted by Gasteiger charge is 2.24. The minimum Gasteiger partial charge on any atom is -0.349 e. The second kappa shape index (κ2) is 9.18. The highest BCUT2D eigenvalue weighted by Crippen LogP contribution is 2.23. The number of nitrogens with one attached hydrogen (secondary N) is 2. The van der Waals surface area contributed by atoms with Crippen LogP contribution in [0, 0.1) is 6.92 Å². The molecule has 0 aliphatic heterocycles. The molecule has 2 N–H and O–H groups in total. The average Bonchev–Trinajstić information content (AvgIpc) is 3.53. The Labute approximate surface area is 185 Å². The number of anilines is 1. The molecule has 1 aromatic heterocycles. The minimum absolute atomic E-state index is 0.177. The molecular weight excluding hydrogens is 412 g/mol. The quantitative estimate of drug-likeness (QED) is 0.540. The molecule has 4 rings (SSSR count). The molecule has 3 aromatic rings. The Balaban J connectivity index is 1.46. The molecule has 2 amide bonds. The fourth-order valence-corrected chi connectivity index (χ4v) is 3.53. The van der Waals surface area contributed by atoms with Crippen LogP contribution >= 0.6 is 11.6 Å². The van der Waals surface area contributed by atoms with Crippen molar-refractivity contribution in [2.45, 2.75) is 32.4 Å². The largest absolute Gasteiger partial charge is 0.349 e. The summed E-state index contributed by atoms with van der Waals surface area (Å²) in [4.78, 5) is 24.9. The van der Waals surface area contributed by atoms with E-state index in [9.17, 15) is 9.59 Å². The smallest absolute Gasteiger partial charge is 0.253 e. The van der Waals surface area contributed by atoms with Crippen molar-refractivity contribution in [3.8, 4) is 0 Å². The molecule has 1 fully saturated rings. The lowest BCUT2D eigenvalue weighted by Crippen LogP contribution is -2.26. The fourth-order valence-electron chi connectivity index (χ4n) is 3.23. The lowest BCUT2D eigenvalue weighted by Gasteiger charge is -2.09. The van der Waals surface area contributed by atoms with Gasteiger partial charge in [0, 0.05) is 17.7 Å². The van der Waals surface area contributed by atoms with Gasteiger partial charge in [0.25, 0.3) is 5.91 Å². The summed E-state index contributed by atoms with van der Waals surface area (Å²) >= 11 is 6.51. The maximum absolute atomic E-state index is 12.5. The van der Waals surface area contributed by atoms with E-state index >= 15 is 0 Å². The Morgan fingerprint density at radius 3 is 2.58 bits per heavy atom. The van der Waals surface area contributed by atoms with Crippen molar-refractivity contribution in [2.75, 3.05) is 5.32 Å². The lowest BCUT2D eigenvalue weighted by atomic mass is 10.1. The van der Waals surface area contributed by atoms with Crippen LogP contribution in [0.25, 0.3) is 6.08 Å². The molecule has 0 radical (unpaired) electrons. The van der Waals surface area contributed by atoms with Gasteiger partial charge < -0.3 is 10.6 Å². The molecule has 31 heavy (non-hydrogen) atoms. The van der Waals surface area contributed by atoms with Gasteiger partial charge in [-0.05, 0) is 43.5 Å². The SMILES string of the molecule is Cc1nn(Cc2ccccc2)c(Cl)c1/C=C/C(=O)Nc1ccccc1C(=O)NC1CC1. The van der Waals surface area contributed by atoms with Crippen LogP contribution in [0.2, 0.25) is 5.15 Å². The first-order valence-electron chi connectivity index (χ1n) is 10.2. The molecule has 1 aliphatic rings. The lowest BCUT2D eigenvalue weighted by molar-refractivity contribution is -0.111. The third-order valence-corrected chi connectivity index (χ3v) is 5.43. The Morgan fingerprint density at radius 1 is 1.13 bits per heavy atom. The van der Waals surface area contributed by atoms with Gasteiger partial charge in [-0.3, -0.25) is 9.59 Å². The van der Waals surface area contributed by atoms with E-state index in [-0.39, 0.29) is 17.9 Å². The van der Waals surface area contributed by atoms with E-state index < -0.39 is 0 Å². The number of hydrogen-bond acceptors (Lipinski definition) is 3. The molecule has 0 unspecified atom stereocenters.